The van der Waals surface area contributed by atoms with E-state index < -0.39 is 0 Å². The highest BCUT2D eigenvalue weighted by atomic mass is 16.2. The molecule has 3 heteroatoms. The molecule has 2 aromatic rings. The van der Waals surface area contributed by atoms with Crippen LogP contribution in [0.2, 0.25) is 0 Å². The molecule has 22 heavy (non-hydrogen) atoms. The Hall–Kier alpha value is -2.16. The summed E-state index contributed by atoms with van der Waals surface area (Å²) in [6.07, 6.45) is 8.03. The molecule has 0 radical (unpaired) electrons. The van der Waals surface area contributed by atoms with Crippen LogP contribution in [0, 0.1) is 0 Å². The molecule has 114 valence electrons. The van der Waals surface area contributed by atoms with Crippen LogP contribution in [0.15, 0.2) is 48.8 Å². The van der Waals surface area contributed by atoms with E-state index in [0.717, 1.165) is 31.2 Å². The van der Waals surface area contributed by atoms with Crippen molar-refractivity contribution in [1.29, 1.82) is 0 Å². The average molecular weight is 294 g/mol. The number of rotatable bonds is 4. The van der Waals surface area contributed by atoms with Crippen molar-refractivity contribution in [2.24, 2.45) is 0 Å². The molecule has 1 atom stereocenters. The molecule has 0 saturated heterocycles. The summed E-state index contributed by atoms with van der Waals surface area (Å²) in [5.41, 5.74) is 3.96. The molecule has 0 spiro atoms. The van der Waals surface area contributed by atoms with Gasteiger partial charge in [-0.15, -0.1) is 0 Å². The molecule has 1 aliphatic rings. The maximum absolute atomic E-state index is 12.4. The predicted molar refractivity (Wildman–Crippen MR) is 87.6 cm³/mol. The van der Waals surface area contributed by atoms with Crippen molar-refractivity contribution < 1.29 is 4.79 Å². The van der Waals surface area contributed by atoms with Gasteiger partial charge in [0.25, 0.3) is 0 Å². The summed E-state index contributed by atoms with van der Waals surface area (Å²) in [4.78, 5) is 18.5. The third kappa shape index (κ3) is 3.35. The molecule has 1 aromatic carbocycles. The lowest BCUT2D eigenvalue weighted by atomic mass is 9.87. The molecule has 0 N–H and O–H groups in total. The summed E-state index contributed by atoms with van der Waals surface area (Å²) in [5.74, 6) is 0.230. The molecular weight excluding hydrogens is 272 g/mol. The third-order valence-electron chi connectivity index (χ3n) is 4.61. The molecule has 0 bridgehead atoms. The first-order valence-electron chi connectivity index (χ1n) is 7.95. The number of nitrogens with zero attached hydrogens (tertiary/aromatic N) is 2. The van der Waals surface area contributed by atoms with Crippen LogP contribution in [-0.4, -0.2) is 28.9 Å². The van der Waals surface area contributed by atoms with Gasteiger partial charge in [-0.1, -0.05) is 30.3 Å². The van der Waals surface area contributed by atoms with E-state index in [1.165, 1.54) is 11.1 Å². The average Bonchev–Trinajstić information content (AvgIpc) is 2.59. The zero-order chi connectivity index (χ0) is 15.4. The summed E-state index contributed by atoms with van der Waals surface area (Å²) in [6, 6.07) is 12.9. The Morgan fingerprint density at radius 2 is 2.05 bits per heavy atom. The highest BCUT2D eigenvalue weighted by Crippen LogP contribution is 2.24. The summed E-state index contributed by atoms with van der Waals surface area (Å²) >= 11 is 0. The molecule has 1 aliphatic carbocycles. The first-order valence-corrected chi connectivity index (χ1v) is 7.95. The van der Waals surface area contributed by atoms with Crippen LogP contribution in [0.3, 0.4) is 0 Å². The van der Waals surface area contributed by atoms with Gasteiger partial charge in [0.2, 0.25) is 5.91 Å². The number of aromatic nitrogens is 1. The van der Waals surface area contributed by atoms with E-state index >= 15 is 0 Å². The lowest BCUT2D eigenvalue weighted by Crippen LogP contribution is -2.40. The number of hydrogen-bond acceptors (Lipinski definition) is 2. The lowest BCUT2D eigenvalue weighted by Gasteiger charge is -2.32. The van der Waals surface area contributed by atoms with E-state index in [1.807, 2.05) is 30.3 Å². The van der Waals surface area contributed by atoms with Crippen molar-refractivity contribution in [2.45, 2.75) is 38.1 Å². The second-order valence-corrected chi connectivity index (χ2v) is 6.03. The predicted octanol–water partition coefficient (Wildman–Crippen LogP) is 3.03. The molecule has 0 fully saturated rings. The number of likely N-dealkylation sites (N-methyl/N-ethyl adjacent to an activating group) is 1. The number of fused-ring (bicyclic) bond motifs is 1. The molecular formula is C19H22N2O. The second-order valence-electron chi connectivity index (χ2n) is 6.03. The van der Waals surface area contributed by atoms with E-state index in [0.29, 0.717) is 12.5 Å². The minimum atomic E-state index is 0.230. The van der Waals surface area contributed by atoms with E-state index in [4.69, 9.17) is 0 Å². The van der Waals surface area contributed by atoms with Crippen LogP contribution < -0.4 is 0 Å². The second kappa shape index (κ2) is 6.73. The Morgan fingerprint density at radius 1 is 1.23 bits per heavy atom. The van der Waals surface area contributed by atoms with Gasteiger partial charge in [0.05, 0.1) is 0 Å². The summed E-state index contributed by atoms with van der Waals surface area (Å²) in [6.45, 7) is 0. The zero-order valence-corrected chi connectivity index (χ0v) is 13.0. The Kier molecular flexibility index (Phi) is 4.52. The van der Waals surface area contributed by atoms with Crippen molar-refractivity contribution in [3.63, 3.8) is 0 Å². The Morgan fingerprint density at radius 3 is 2.82 bits per heavy atom. The molecule has 1 heterocycles. The summed E-state index contributed by atoms with van der Waals surface area (Å²) in [7, 11) is 1.95. The number of carbonyl (C=O) groups is 1. The number of amides is 1. The van der Waals surface area contributed by atoms with Crippen molar-refractivity contribution in [2.75, 3.05) is 7.05 Å². The lowest BCUT2D eigenvalue weighted by molar-refractivity contribution is -0.132. The van der Waals surface area contributed by atoms with Gasteiger partial charge < -0.3 is 4.90 Å². The van der Waals surface area contributed by atoms with Gasteiger partial charge in [-0.05, 0) is 48.4 Å². The van der Waals surface area contributed by atoms with Crippen LogP contribution >= 0.6 is 0 Å². The molecule has 0 unspecified atom stereocenters. The monoisotopic (exact) mass is 294 g/mol. The van der Waals surface area contributed by atoms with Crippen LogP contribution in [0.25, 0.3) is 0 Å². The van der Waals surface area contributed by atoms with Gasteiger partial charge >= 0.3 is 0 Å². The number of aryl methyl sites for hydroxylation is 2. The van der Waals surface area contributed by atoms with E-state index in [1.54, 1.807) is 6.20 Å². The van der Waals surface area contributed by atoms with Crippen LogP contribution in [0.5, 0.6) is 0 Å². The molecule has 0 saturated carbocycles. The van der Waals surface area contributed by atoms with Crippen molar-refractivity contribution in [3.8, 4) is 0 Å². The first kappa shape index (κ1) is 14.8. The maximum Gasteiger partial charge on any atom is 0.222 e. The van der Waals surface area contributed by atoms with Crippen molar-refractivity contribution in [3.05, 3.63) is 65.5 Å². The Labute approximate surface area is 132 Å². The van der Waals surface area contributed by atoms with E-state index in [2.05, 4.69) is 29.2 Å². The highest BCUT2D eigenvalue weighted by molar-refractivity contribution is 5.76. The van der Waals surface area contributed by atoms with Crippen molar-refractivity contribution in [1.82, 2.24) is 9.88 Å². The van der Waals surface area contributed by atoms with Gasteiger partial charge in [-0.2, -0.15) is 0 Å². The topological polar surface area (TPSA) is 33.2 Å². The zero-order valence-electron chi connectivity index (χ0n) is 13.0. The summed E-state index contributed by atoms with van der Waals surface area (Å²) in [5, 5.41) is 0. The molecule has 1 amide bonds. The molecule has 3 nitrogen and oxygen atoms in total. The number of carbonyl (C=O) groups excluding carboxylic acids is 1. The minimum Gasteiger partial charge on any atom is -0.342 e. The van der Waals surface area contributed by atoms with Crippen LogP contribution in [0.4, 0.5) is 0 Å². The fourth-order valence-corrected chi connectivity index (χ4v) is 3.19. The maximum atomic E-state index is 12.4. The van der Waals surface area contributed by atoms with Crippen molar-refractivity contribution >= 4 is 5.91 Å². The Balaban J connectivity index is 1.57. The molecule has 3 rings (SSSR count). The number of benzene rings is 1. The quantitative estimate of drug-likeness (QED) is 0.868. The SMILES string of the molecule is CN(C(=O)CCc1cccnc1)[C@@H]1CCc2ccccc2C1. The standard InChI is InChI=1S/C19H22N2O/c1-21(19(22)11-8-15-5-4-12-20-14-15)18-10-9-16-6-2-3-7-17(16)13-18/h2-7,12,14,18H,8-11,13H2,1H3/t18-/m1/s1. The largest absolute Gasteiger partial charge is 0.342 e. The van der Waals surface area contributed by atoms with E-state index in [9.17, 15) is 4.79 Å². The highest BCUT2D eigenvalue weighted by Gasteiger charge is 2.24. The van der Waals surface area contributed by atoms with Gasteiger partial charge in [-0.3, -0.25) is 9.78 Å². The fraction of sp³-hybridized carbons (Fsp3) is 0.368. The fourth-order valence-electron chi connectivity index (χ4n) is 3.19. The molecule has 0 aliphatic heterocycles. The van der Waals surface area contributed by atoms with Gasteiger partial charge in [0.1, 0.15) is 0 Å². The number of hydrogen-bond donors (Lipinski definition) is 0. The smallest absolute Gasteiger partial charge is 0.222 e. The molecule has 1 aromatic heterocycles. The minimum absolute atomic E-state index is 0.230. The normalized spacial score (nSPS) is 16.9. The third-order valence-corrected chi connectivity index (χ3v) is 4.61. The van der Waals surface area contributed by atoms with E-state index in [-0.39, 0.29) is 5.91 Å². The van der Waals surface area contributed by atoms with Crippen LogP contribution in [-0.2, 0) is 24.1 Å². The van der Waals surface area contributed by atoms with Gasteiger partial charge in [0, 0.05) is 31.9 Å². The summed E-state index contributed by atoms with van der Waals surface area (Å²) < 4.78 is 0. The van der Waals surface area contributed by atoms with Gasteiger partial charge in [0.15, 0.2) is 0 Å². The van der Waals surface area contributed by atoms with Crippen LogP contribution in [0.1, 0.15) is 29.5 Å². The Bertz CT molecular complexity index is 639. The number of pyridine rings is 1. The van der Waals surface area contributed by atoms with Gasteiger partial charge in [-0.25, -0.2) is 0 Å². The first-order chi connectivity index (χ1) is 10.7.